The lowest BCUT2D eigenvalue weighted by Crippen LogP contribution is -2.33. The maximum atomic E-state index is 12.2. The van der Waals surface area contributed by atoms with Crippen molar-refractivity contribution in [2.45, 2.75) is 13.3 Å². The van der Waals surface area contributed by atoms with Crippen LogP contribution in [0.1, 0.15) is 34.2 Å². The quantitative estimate of drug-likeness (QED) is 0.796. The molecule has 2 heterocycles. The molecule has 0 bridgehead atoms. The maximum absolute atomic E-state index is 12.2. The van der Waals surface area contributed by atoms with E-state index in [1.165, 1.54) is 13.1 Å². The topological polar surface area (TPSA) is 108 Å². The number of carbonyl (C=O) groups excluding carboxylic acids is 4. The van der Waals surface area contributed by atoms with Crippen LogP contribution in [0.15, 0.2) is 42.6 Å². The van der Waals surface area contributed by atoms with Crippen LogP contribution in [0, 0.1) is 0 Å². The Morgan fingerprint density at radius 2 is 1.65 bits per heavy atom. The van der Waals surface area contributed by atoms with Gasteiger partial charge < -0.3 is 10.6 Å². The SMILES string of the molecule is CC(=O)Nc1ccc(NC(=O)CCN2C(=O)c3cccnc3C2=O)cc1. The first-order valence-corrected chi connectivity index (χ1v) is 7.94. The van der Waals surface area contributed by atoms with E-state index in [1.807, 2.05) is 0 Å². The van der Waals surface area contributed by atoms with Crippen LogP contribution in [0.4, 0.5) is 11.4 Å². The zero-order valence-corrected chi connectivity index (χ0v) is 14.0. The van der Waals surface area contributed by atoms with Crippen molar-refractivity contribution in [3.05, 3.63) is 53.9 Å². The fourth-order valence-corrected chi connectivity index (χ4v) is 2.59. The van der Waals surface area contributed by atoms with Crippen LogP contribution >= 0.6 is 0 Å². The number of hydrogen-bond donors (Lipinski definition) is 2. The van der Waals surface area contributed by atoms with Crippen molar-refractivity contribution in [1.29, 1.82) is 0 Å². The molecule has 0 fully saturated rings. The van der Waals surface area contributed by atoms with E-state index in [4.69, 9.17) is 0 Å². The third-order valence-corrected chi connectivity index (χ3v) is 3.78. The fraction of sp³-hybridized carbons (Fsp3) is 0.167. The molecule has 0 spiro atoms. The number of fused-ring (bicyclic) bond motifs is 1. The molecular formula is C18H16N4O4. The number of imide groups is 1. The Morgan fingerprint density at radius 1 is 1.00 bits per heavy atom. The van der Waals surface area contributed by atoms with Crippen molar-refractivity contribution in [1.82, 2.24) is 9.88 Å². The molecular weight excluding hydrogens is 336 g/mol. The summed E-state index contributed by atoms with van der Waals surface area (Å²) >= 11 is 0. The Morgan fingerprint density at radius 3 is 2.27 bits per heavy atom. The first-order valence-electron chi connectivity index (χ1n) is 7.94. The van der Waals surface area contributed by atoms with E-state index in [1.54, 1.807) is 36.4 Å². The summed E-state index contributed by atoms with van der Waals surface area (Å²) in [6, 6.07) is 9.74. The minimum Gasteiger partial charge on any atom is -0.326 e. The van der Waals surface area contributed by atoms with Gasteiger partial charge in [0.2, 0.25) is 11.8 Å². The smallest absolute Gasteiger partial charge is 0.280 e. The van der Waals surface area contributed by atoms with Gasteiger partial charge in [-0.3, -0.25) is 29.1 Å². The molecule has 0 saturated heterocycles. The average Bonchev–Trinajstić information content (AvgIpc) is 2.86. The van der Waals surface area contributed by atoms with Gasteiger partial charge >= 0.3 is 0 Å². The number of hydrogen-bond acceptors (Lipinski definition) is 5. The lowest BCUT2D eigenvalue weighted by Gasteiger charge is -2.13. The molecule has 0 unspecified atom stereocenters. The molecule has 8 nitrogen and oxygen atoms in total. The summed E-state index contributed by atoms with van der Waals surface area (Å²) in [6.07, 6.45) is 1.42. The number of benzene rings is 1. The zero-order chi connectivity index (χ0) is 18.7. The molecule has 3 rings (SSSR count). The van der Waals surface area contributed by atoms with Crippen LogP contribution < -0.4 is 10.6 Å². The van der Waals surface area contributed by atoms with E-state index in [0.29, 0.717) is 11.4 Å². The number of aromatic nitrogens is 1. The van der Waals surface area contributed by atoms with Crippen LogP contribution in [0.3, 0.4) is 0 Å². The number of rotatable bonds is 5. The molecule has 2 N–H and O–H groups in total. The van der Waals surface area contributed by atoms with Crippen LogP contribution in [-0.2, 0) is 9.59 Å². The summed E-state index contributed by atoms with van der Waals surface area (Å²) in [5.74, 6) is -1.44. The second-order valence-electron chi connectivity index (χ2n) is 5.72. The van der Waals surface area contributed by atoms with Crippen molar-refractivity contribution in [2.24, 2.45) is 0 Å². The number of nitrogens with zero attached hydrogens (tertiary/aromatic N) is 2. The van der Waals surface area contributed by atoms with E-state index < -0.39 is 11.8 Å². The predicted molar refractivity (Wildman–Crippen MR) is 93.6 cm³/mol. The minimum absolute atomic E-state index is 0.0240. The van der Waals surface area contributed by atoms with Gasteiger partial charge in [-0.25, -0.2) is 0 Å². The highest BCUT2D eigenvalue weighted by atomic mass is 16.2. The van der Waals surface area contributed by atoms with Gasteiger partial charge in [0.05, 0.1) is 5.56 Å². The van der Waals surface area contributed by atoms with Crippen LogP contribution in [0.2, 0.25) is 0 Å². The highest BCUT2D eigenvalue weighted by Crippen LogP contribution is 2.20. The normalized spacial score (nSPS) is 12.7. The van der Waals surface area contributed by atoms with Crippen LogP contribution in [0.25, 0.3) is 0 Å². The summed E-state index contributed by atoms with van der Waals surface area (Å²) in [5.41, 5.74) is 1.54. The van der Waals surface area contributed by atoms with E-state index in [-0.39, 0.29) is 36.0 Å². The summed E-state index contributed by atoms with van der Waals surface area (Å²) in [4.78, 5) is 52.4. The van der Waals surface area contributed by atoms with Crippen molar-refractivity contribution < 1.29 is 19.2 Å². The lowest BCUT2D eigenvalue weighted by molar-refractivity contribution is -0.116. The second kappa shape index (κ2) is 7.14. The summed E-state index contributed by atoms with van der Waals surface area (Å²) in [5, 5.41) is 5.31. The van der Waals surface area contributed by atoms with Gasteiger partial charge in [0, 0.05) is 37.5 Å². The molecule has 26 heavy (non-hydrogen) atoms. The molecule has 1 aromatic heterocycles. The van der Waals surface area contributed by atoms with E-state index in [0.717, 1.165) is 4.90 Å². The number of amides is 4. The minimum atomic E-state index is -0.488. The van der Waals surface area contributed by atoms with Crippen molar-refractivity contribution in [3.63, 3.8) is 0 Å². The number of pyridine rings is 1. The Bertz CT molecular complexity index is 857. The second-order valence-corrected chi connectivity index (χ2v) is 5.72. The molecule has 0 atom stereocenters. The molecule has 1 aliphatic rings. The first kappa shape index (κ1) is 17.3. The van der Waals surface area contributed by atoms with Gasteiger partial charge in [-0.05, 0) is 36.4 Å². The molecule has 0 aliphatic carbocycles. The van der Waals surface area contributed by atoms with E-state index in [9.17, 15) is 19.2 Å². The Labute approximate surface area is 149 Å². The molecule has 1 aliphatic heterocycles. The Kier molecular flexibility index (Phi) is 4.74. The first-order chi connectivity index (χ1) is 12.5. The molecule has 2 aromatic rings. The number of nitrogens with one attached hydrogen (secondary N) is 2. The van der Waals surface area contributed by atoms with E-state index >= 15 is 0 Å². The largest absolute Gasteiger partial charge is 0.326 e. The van der Waals surface area contributed by atoms with Crippen molar-refractivity contribution in [3.8, 4) is 0 Å². The molecule has 0 radical (unpaired) electrons. The monoisotopic (exact) mass is 352 g/mol. The molecule has 132 valence electrons. The fourth-order valence-electron chi connectivity index (χ4n) is 2.59. The highest BCUT2D eigenvalue weighted by molar-refractivity contribution is 6.20. The summed E-state index contributed by atoms with van der Waals surface area (Å²) < 4.78 is 0. The van der Waals surface area contributed by atoms with Gasteiger partial charge in [0.1, 0.15) is 5.69 Å². The Hall–Kier alpha value is -3.55. The predicted octanol–water partition coefficient (Wildman–Crippen LogP) is 1.66. The summed E-state index contributed by atoms with van der Waals surface area (Å²) in [7, 11) is 0. The van der Waals surface area contributed by atoms with Crippen LogP contribution in [-0.4, -0.2) is 40.1 Å². The third kappa shape index (κ3) is 3.59. The van der Waals surface area contributed by atoms with Crippen LogP contribution in [0.5, 0.6) is 0 Å². The number of carbonyl (C=O) groups is 4. The lowest BCUT2D eigenvalue weighted by atomic mass is 10.2. The molecule has 1 aromatic carbocycles. The number of anilines is 2. The third-order valence-electron chi connectivity index (χ3n) is 3.78. The zero-order valence-electron chi connectivity index (χ0n) is 14.0. The van der Waals surface area contributed by atoms with Gasteiger partial charge in [0.15, 0.2) is 0 Å². The average molecular weight is 352 g/mol. The van der Waals surface area contributed by atoms with Crippen molar-refractivity contribution in [2.75, 3.05) is 17.2 Å². The van der Waals surface area contributed by atoms with E-state index in [2.05, 4.69) is 15.6 Å². The van der Waals surface area contributed by atoms with Gasteiger partial charge in [-0.2, -0.15) is 0 Å². The molecule has 0 saturated carbocycles. The van der Waals surface area contributed by atoms with Gasteiger partial charge in [0.25, 0.3) is 11.8 Å². The molecule has 4 amide bonds. The van der Waals surface area contributed by atoms with Gasteiger partial charge in [-0.1, -0.05) is 0 Å². The highest BCUT2D eigenvalue weighted by Gasteiger charge is 2.36. The van der Waals surface area contributed by atoms with Gasteiger partial charge in [-0.15, -0.1) is 0 Å². The maximum Gasteiger partial charge on any atom is 0.280 e. The van der Waals surface area contributed by atoms with Crippen molar-refractivity contribution >= 4 is 35.0 Å². The standard InChI is InChI=1S/C18H16N4O4/c1-11(23)20-12-4-6-13(7-5-12)21-15(24)8-10-22-17(25)14-3-2-9-19-16(14)18(22)26/h2-7,9H,8,10H2,1H3,(H,20,23)(H,21,24). The summed E-state index contributed by atoms with van der Waals surface area (Å²) in [6.45, 7) is 1.38. The molecule has 8 heteroatoms. The Balaban J connectivity index is 1.56.